The minimum absolute atomic E-state index is 0.187. The maximum absolute atomic E-state index is 12.3. The number of carbonyl (C=O) groups is 1. The number of nitrogens with zero attached hydrogens (tertiary/aromatic N) is 3. The molecule has 0 aliphatic carbocycles. The second kappa shape index (κ2) is 7.43. The molecule has 0 aliphatic rings. The van der Waals surface area contributed by atoms with Crippen molar-refractivity contribution >= 4 is 34.8 Å². The summed E-state index contributed by atoms with van der Waals surface area (Å²) in [5, 5.41) is 15.3. The molecule has 1 amide bonds. The Morgan fingerprint density at radius 1 is 1.12 bits per heavy atom. The number of nitrogens with one attached hydrogen (secondary N) is 2. The Morgan fingerprint density at radius 2 is 1.96 bits per heavy atom. The highest BCUT2D eigenvalue weighted by atomic mass is 35.5. The summed E-state index contributed by atoms with van der Waals surface area (Å²) in [7, 11) is 0. The molecule has 6 nitrogen and oxygen atoms in total. The third kappa shape index (κ3) is 4.10. The molecule has 1 heterocycles. The van der Waals surface area contributed by atoms with Crippen LogP contribution in [0.25, 0.3) is 0 Å². The third-order valence-electron chi connectivity index (χ3n) is 3.26. The highest BCUT2D eigenvalue weighted by molar-refractivity contribution is 6.30. The van der Waals surface area contributed by atoms with Crippen LogP contribution in [-0.4, -0.2) is 15.9 Å². The molecule has 0 unspecified atom stereocenters. The van der Waals surface area contributed by atoms with Crippen LogP contribution in [0.1, 0.15) is 16.1 Å². The van der Waals surface area contributed by atoms with Crippen LogP contribution in [0.5, 0.6) is 0 Å². The first-order valence-corrected chi connectivity index (χ1v) is 7.69. The molecular weight excluding hydrogens is 338 g/mol. The number of halogens is 1. The van der Waals surface area contributed by atoms with Gasteiger partial charge in [0, 0.05) is 16.9 Å². The molecule has 0 radical (unpaired) electrons. The van der Waals surface area contributed by atoms with Gasteiger partial charge in [-0.2, -0.15) is 5.26 Å². The van der Waals surface area contributed by atoms with E-state index in [-0.39, 0.29) is 17.5 Å². The molecule has 0 bridgehead atoms. The van der Waals surface area contributed by atoms with Crippen LogP contribution in [0.15, 0.2) is 60.8 Å². The van der Waals surface area contributed by atoms with E-state index in [0.717, 1.165) is 0 Å². The maximum atomic E-state index is 12.3. The maximum Gasteiger partial charge on any atom is 0.274 e. The van der Waals surface area contributed by atoms with E-state index in [1.165, 1.54) is 12.3 Å². The number of amides is 1. The van der Waals surface area contributed by atoms with Gasteiger partial charge < -0.3 is 10.6 Å². The zero-order valence-electron chi connectivity index (χ0n) is 12.9. The van der Waals surface area contributed by atoms with Crippen LogP contribution >= 0.6 is 11.6 Å². The molecule has 0 spiro atoms. The smallest absolute Gasteiger partial charge is 0.274 e. The van der Waals surface area contributed by atoms with Crippen molar-refractivity contribution in [3.05, 3.63) is 77.1 Å². The van der Waals surface area contributed by atoms with Crippen LogP contribution in [0.2, 0.25) is 5.02 Å². The molecule has 25 heavy (non-hydrogen) atoms. The van der Waals surface area contributed by atoms with Crippen molar-refractivity contribution in [1.82, 2.24) is 9.97 Å². The van der Waals surface area contributed by atoms with Crippen LogP contribution in [0, 0.1) is 11.3 Å². The van der Waals surface area contributed by atoms with E-state index in [2.05, 4.69) is 26.7 Å². The topological polar surface area (TPSA) is 90.7 Å². The summed E-state index contributed by atoms with van der Waals surface area (Å²) in [6.07, 6.45) is 1.47. The fourth-order valence-corrected chi connectivity index (χ4v) is 2.31. The van der Waals surface area contributed by atoms with Crippen molar-refractivity contribution < 1.29 is 4.79 Å². The fourth-order valence-electron chi connectivity index (χ4n) is 2.12. The summed E-state index contributed by atoms with van der Waals surface area (Å²) in [6, 6.07) is 17.4. The first kappa shape index (κ1) is 16.4. The van der Waals surface area contributed by atoms with E-state index in [9.17, 15) is 4.79 Å². The molecule has 0 atom stereocenters. The SMILES string of the molecule is N#Cc1ccccc1Nc1nccc(C(=O)Nc2cccc(Cl)c2)n1. The van der Waals surface area contributed by atoms with Gasteiger partial charge in [-0.25, -0.2) is 9.97 Å². The number of benzene rings is 2. The van der Waals surface area contributed by atoms with E-state index in [1.54, 1.807) is 48.5 Å². The van der Waals surface area contributed by atoms with E-state index in [0.29, 0.717) is 22.0 Å². The molecule has 3 aromatic rings. The van der Waals surface area contributed by atoms with Gasteiger partial charge in [0.05, 0.1) is 11.3 Å². The lowest BCUT2D eigenvalue weighted by Gasteiger charge is -2.08. The van der Waals surface area contributed by atoms with Gasteiger partial charge in [0.15, 0.2) is 0 Å². The molecule has 2 aromatic carbocycles. The number of para-hydroxylation sites is 1. The predicted octanol–water partition coefficient (Wildman–Crippen LogP) is 4.00. The van der Waals surface area contributed by atoms with Crippen molar-refractivity contribution in [2.45, 2.75) is 0 Å². The van der Waals surface area contributed by atoms with Gasteiger partial charge in [-0.15, -0.1) is 0 Å². The quantitative estimate of drug-likeness (QED) is 0.743. The Bertz CT molecular complexity index is 967. The molecule has 2 N–H and O–H groups in total. The Balaban J connectivity index is 1.79. The molecule has 122 valence electrons. The number of aromatic nitrogens is 2. The van der Waals surface area contributed by atoms with Crippen molar-refractivity contribution in [2.75, 3.05) is 10.6 Å². The molecule has 0 fully saturated rings. The van der Waals surface area contributed by atoms with Gasteiger partial charge in [0.25, 0.3) is 5.91 Å². The summed E-state index contributed by atoms with van der Waals surface area (Å²) in [5.41, 5.74) is 1.78. The standard InChI is InChI=1S/C18H12ClN5O/c19-13-5-3-6-14(10-13)22-17(25)16-8-9-21-18(24-16)23-15-7-2-1-4-12(15)11-20/h1-10H,(H,22,25)(H,21,23,24). The number of hydrogen-bond acceptors (Lipinski definition) is 5. The Labute approximate surface area is 149 Å². The van der Waals surface area contributed by atoms with Gasteiger partial charge in [-0.05, 0) is 36.4 Å². The third-order valence-corrected chi connectivity index (χ3v) is 3.50. The van der Waals surface area contributed by atoms with Crippen LogP contribution < -0.4 is 10.6 Å². The van der Waals surface area contributed by atoms with Gasteiger partial charge in [-0.3, -0.25) is 4.79 Å². The Kier molecular flexibility index (Phi) is 4.88. The zero-order valence-corrected chi connectivity index (χ0v) is 13.7. The lowest BCUT2D eigenvalue weighted by Crippen LogP contribution is -2.14. The monoisotopic (exact) mass is 349 g/mol. The van der Waals surface area contributed by atoms with E-state index < -0.39 is 0 Å². The molecule has 0 saturated carbocycles. The van der Waals surface area contributed by atoms with Gasteiger partial charge in [0.2, 0.25) is 5.95 Å². The van der Waals surface area contributed by atoms with Crippen molar-refractivity contribution in [3.8, 4) is 6.07 Å². The van der Waals surface area contributed by atoms with Crippen LogP contribution in [0.4, 0.5) is 17.3 Å². The van der Waals surface area contributed by atoms with E-state index >= 15 is 0 Å². The highest BCUT2D eigenvalue weighted by Gasteiger charge is 2.10. The summed E-state index contributed by atoms with van der Waals surface area (Å²) in [5.74, 6) is -0.164. The van der Waals surface area contributed by atoms with E-state index in [4.69, 9.17) is 16.9 Å². The first-order valence-electron chi connectivity index (χ1n) is 7.32. The van der Waals surface area contributed by atoms with Crippen molar-refractivity contribution in [2.24, 2.45) is 0 Å². The van der Waals surface area contributed by atoms with Crippen LogP contribution in [-0.2, 0) is 0 Å². The highest BCUT2D eigenvalue weighted by Crippen LogP contribution is 2.18. The summed E-state index contributed by atoms with van der Waals surface area (Å²) >= 11 is 5.91. The average molecular weight is 350 g/mol. The van der Waals surface area contributed by atoms with Gasteiger partial charge >= 0.3 is 0 Å². The minimum Gasteiger partial charge on any atom is -0.323 e. The zero-order chi connectivity index (χ0) is 17.6. The van der Waals surface area contributed by atoms with Crippen molar-refractivity contribution in [1.29, 1.82) is 5.26 Å². The second-order valence-corrected chi connectivity index (χ2v) is 5.45. The predicted molar refractivity (Wildman–Crippen MR) is 95.9 cm³/mol. The summed E-state index contributed by atoms with van der Waals surface area (Å²) in [6.45, 7) is 0. The molecular formula is C18H12ClN5O. The normalized spacial score (nSPS) is 9.92. The van der Waals surface area contributed by atoms with Crippen LogP contribution in [0.3, 0.4) is 0 Å². The minimum atomic E-state index is -0.388. The number of carbonyl (C=O) groups excluding carboxylic acids is 1. The molecule has 0 saturated heterocycles. The van der Waals surface area contributed by atoms with E-state index in [1.807, 2.05) is 0 Å². The average Bonchev–Trinajstić information content (AvgIpc) is 2.62. The second-order valence-electron chi connectivity index (χ2n) is 5.01. The Morgan fingerprint density at radius 3 is 2.76 bits per heavy atom. The van der Waals surface area contributed by atoms with Gasteiger partial charge in [0.1, 0.15) is 11.8 Å². The number of hydrogen-bond donors (Lipinski definition) is 2. The summed E-state index contributed by atoms with van der Waals surface area (Å²) < 4.78 is 0. The molecule has 7 heteroatoms. The number of rotatable bonds is 4. The number of anilines is 3. The largest absolute Gasteiger partial charge is 0.323 e. The number of nitriles is 1. The Hall–Kier alpha value is -3.43. The van der Waals surface area contributed by atoms with Crippen molar-refractivity contribution in [3.63, 3.8) is 0 Å². The first-order chi connectivity index (χ1) is 12.2. The fraction of sp³-hybridized carbons (Fsp3) is 0. The van der Waals surface area contributed by atoms with Gasteiger partial charge in [-0.1, -0.05) is 29.8 Å². The lowest BCUT2D eigenvalue weighted by atomic mass is 10.2. The summed E-state index contributed by atoms with van der Waals surface area (Å²) in [4.78, 5) is 20.6. The molecule has 3 rings (SSSR count). The molecule has 0 aliphatic heterocycles. The molecule has 1 aromatic heterocycles. The lowest BCUT2D eigenvalue weighted by molar-refractivity contribution is 0.102.